The van der Waals surface area contributed by atoms with Crippen LogP contribution in [0.5, 0.6) is 0 Å². The van der Waals surface area contributed by atoms with Gasteiger partial charge in [0, 0.05) is 10.6 Å². The highest BCUT2D eigenvalue weighted by molar-refractivity contribution is 9.10. The second-order valence-corrected chi connectivity index (χ2v) is 14.1. The molecular formula is C23H39BrOSi. The molecule has 3 heteroatoms. The molecule has 0 fully saturated rings. The molecule has 0 saturated carbocycles. The number of hydrogen-bond donors (Lipinski definition) is 0. The van der Waals surface area contributed by atoms with Crippen molar-refractivity contribution in [2.24, 2.45) is 5.41 Å². The summed E-state index contributed by atoms with van der Waals surface area (Å²) in [5.74, 6) is 0. The van der Waals surface area contributed by atoms with Crippen molar-refractivity contribution < 1.29 is 4.43 Å². The Morgan fingerprint density at radius 2 is 1.54 bits per heavy atom. The van der Waals surface area contributed by atoms with E-state index in [0.29, 0.717) is 6.10 Å². The summed E-state index contributed by atoms with van der Waals surface area (Å²) in [6.07, 6.45) is 5.03. The van der Waals surface area contributed by atoms with E-state index in [9.17, 15) is 0 Å². The van der Waals surface area contributed by atoms with Crippen LogP contribution in [0.4, 0.5) is 0 Å². The molecule has 0 radical (unpaired) electrons. The summed E-state index contributed by atoms with van der Waals surface area (Å²) < 4.78 is 7.66. The van der Waals surface area contributed by atoms with Gasteiger partial charge in [0.2, 0.25) is 0 Å². The zero-order valence-electron chi connectivity index (χ0n) is 18.4. The van der Waals surface area contributed by atoms with Gasteiger partial charge in [-0.3, -0.25) is 0 Å². The first kappa shape index (κ1) is 22.2. The summed E-state index contributed by atoms with van der Waals surface area (Å²) in [7, 11) is -1.04. The molecule has 0 spiro atoms. The first-order valence-corrected chi connectivity index (χ1v) is 13.8. The van der Waals surface area contributed by atoms with Crippen LogP contribution in [0.3, 0.4) is 0 Å². The predicted octanol–water partition coefficient (Wildman–Crippen LogP) is 7.15. The van der Waals surface area contributed by atoms with Crippen LogP contribution in [0, 0.1) is 5.41 Å². The molecule has 1 aromatic rings. The van der Waals surface area contributed by atoms with Crippen LogP contribution in [0.15, 0.2) is 16.6 Å². The van der Waals surface area contributed by atoms with Crippen LogP contribution in [0.1, 0.15) is 84.4 Å². The topological polar surface area (TPSA) is 9.23 Å². The largest absolute Gasteiger partial charge is 0.417 e. The Morgan fingerprint density at radius 3 is 2.00 bits per heavy atom. The van der Waals surface area contributed by atoms with Crippen LogP contribution >= 0.6 is 15.9 Å². The lowest BCUT2D eigenvalue weighted by molar-refractivity contribution is 0.0787. The molecule has 26 heavy (non-hydrogen) atoms. The molecule has 0 aromatic heterocycles. The SMILES string of the molecule is C[SiH](C)OC(CCc1cc2c(cc1Br)C(C)(C)CCC2(C)C)C(C)(C)C. The molecule has 1 nitrogen and oxygen atoms in total. The molecule has 0 bridgehead atoms. The number of benzene rings is 1. The lowest BCUT2D eigenvalue weighted by Gasteiger charge is -2.42. The molecular weight excluding hydrogens is 400 g/mol. The van der Waals surface area contributed by atoms with Gasteiger partial charge in [0.1, 0.15) is 0 Å². The van der Waals surface area contributed by atoms with Gasteiger partial charge in [0.15, 0.2) is 9.04 Å². The van der Waals surface area contributed by atoms with Crippen molar-refractivity contribution in [2.45, 2.75) is 104 Å². The number of halogens is 1. The molecule has 148 valence electrons. The Labute approximate surface area is 172 Å². The third kappa shape index (κ3) is 5.02. The Hall–Kier alpha value is -0.123. The monoisotopic (exact) mass is 438 g/mol. The van der Waals surface area contributed by atoms with Crippen molar-refractivity contribution in [3.8, 4) is 0 Å². The molecule has 0 saturated heterocycles. The van der Waals surface area contributed by atoms with Gasteiger partial charge in [0.25, 0.3) is 0 Å². The third-order valence-electron chi connectivity index (χ3n) is 6.10. The van der Waals surface area contributed by atoms with E-state index < -0.39 is 9.04 Å². The van der Waals surface area contributed by atoms with E-state index in [-0.39, 0.29) is 16.2 Å². The molecule has 1 aliphatic rings. The lowest BCUT2D eigenvalue weighted by atomic mass is 9.63. The Bertz CT molecular complexity index is 640. The van der Waals surface area contributed by atoms with Crippen molar-refractivity contribution in [1.82, 2.24) is 0 Å². The van der Waals surface area contributed by atoms with Gasteiger partial charge in [-0.25, -0.2) is 0 Å². The zero-order valence-corrected chi connectivity index (χ0v) is 21.2. The second-order valence-electron chi connectivity index (χ2n) is 10.8. The molecule has 2 rings (SSSR count). The maximum atomic E-state index is 6.39. The van der Waals surface area contributed by atoms with Gasteiger partial charge < -0.3 is 4.43 Å². The highest BCUT2D eigenvalue weighted by Gasteiger charge is 2.37. The van der Waals surface area contributed by atoms with E-state index in [4.69, 9.17) is 4.43 Å². The average molecular weight is 440 g/mol. The summed E-state index contributed by atoms with van der Waals surface area (Å²) in [6, 6.07) is 4.91. The maximum Gasteiger partial charge on any atom is 0.171 e. The van der Waals surface area contributed by atoms with E-state index in [1.807, 2.05) is 0 Å². The van der Waals surface area contributed by atoms with Crippen LogP contribution in [-0.2, 0) is 21.7 Å². The Morgan fingerprint density at radius 1 is 1.04 bits per heavy atom. The number of rotatable bonds is 5. The Balaban J connectivity index is 2.31. The van der Waals surface area contributed by atoms with Crippen molar-refractivity contribution in [1.29, 1.82) is 0 Å². The highest BCUT2D eigenvalue weighted by atomic mass is 79.9. The summed E-state index contributed by atoms with van der Waals surface area (Å²) in [4.78, 5) is 0. The summed E-state index contributed by atoms with van der Waals surface area (Å²) in [5, 5.41) is 0. The number of fused-ring (bicyclic) bond motifs is 1. The van der Waals surface area contributed by atoms with Gasteiger partial charge in [-0.2, -0.15) is 0 Å². The third-order valence-corrected chi connectivity index (χ3v) is 7.71. The quantitative estimate of drug-likeness (QED) is 0.443. The zero-order chi connectivity index (χ0) is 19.9. The lowest BCUT2D eigenvalue weighted by Crippen LogP contribution is -2.34. The van der Waals surface area contributed by atoms with Crippen molar-refractivity contribution >= 4 is 25.0 Å². The smallest absolute Gasteiger partial charge is 0.171 e. The molecule has 0 N–H and O–H groups in total. The summed E-state index contributed by atoms with van der Waals surface area (Å²) in [5.41, 5.74) is 5.26. The fourth-order valence-electron chi connectivity index (χ4n) is 4.14. The van der Waals surface area contributed by atoms with Crippen molar-refractivity contribution in [3.63, 3.8) is 0 Å². The van der Waals surface area contributed by atoms with Crippen LogP contribution in [0.25, 0.3) is 0 Å². The molecule has 0 aliphatic heterocycles. The molecule has 1 atom stereocenters. The summed E-state index contributed by atoms with van der Waals surface area (Å²) >= 11 is 3.88. The minimum absolute atomic E-state index is 0.194. The van der Waals surface area contributed by atoms with Crippen molar-refractivity contribution in [3.05, 3.63) is 33.3 Å². The van der Waals surface area contributed by atoms with Gasteiger partial charge in [0.05, 0.1) is 0 Å². The summed E-state index contributed by atoms with van der Waals surface area (Å²) in [6.45, 7) is 21.1. The van der Waals surface area contributed by atoms with E-state index in [1.54, 1.807) is 5.56 Å². The van der Waals surface area contributed by atoms with E-state index in [0.717, 1.165) is 12.8 Å². The second kappa shape index (κ2) is 7.71. The van der Waals surface area contributed by atoms with Crippen LogP contribution < -0.4 is 0 Å². The number of aryl methyl sites for hydroxylation is 1. The Kier molecular flexibility index (Phi) is 6.58. The van der Waals surface area contributed by atoms with Gasteiger partial charge in [-0.05, 0) is 77.8 Å². The minimum Gasteiger partial charge on any atom is -0.417 e. The van der Waals surface area contributed by atoms with Gasteiger partial charge in [-0.1, -0.05) is 70.5 Å². The fraction of sp³-hybridized carbons (Fsp3) is 0.739. The predicted molar refractivity (Wildman–Crippen MR) is 121 cm³/mol. The van der Waals surface area contributed by atoms with E-state index in [2.05, 4.69) is 89.6 Å². The number of hydrogen-bond acceptors (Lipinski definition) is 1. The first-order chi connectivity index (χ1) is 11.7. The van der Waals surface area contributed by atoms with Crippen molar-refractivity contribution in [2.75, 3.05) is 0 Å². The van der Waals surface area contributed by atoms with E-state index >= 15 is 0 Å². The highest BCUT2D eigenvalue weighted by Crippen LogP contribution is 2.47. The van der Waals surface area contributed by atoms with Gasteiger partial charge >= 0.3 is 0 Å². The minimum atomic E-state index is -1.04. The first-order valence-electron chi connectivity index (χ1n) is 10.2. The van der Waals surface area contributed by atoms with Gasteiger partial charge in [-0.15, -0.1) is 0 Å². The molecule has 1 unspecified atom stereocenters. The molecule has 1 aromatic carbocycles. The van der Waals surface area contributed by atoms with Crippen LogP contribution in [0.2, 0.25) is 13.1 Å². The maximum absolute atomic E-state index is 6.39. The normalized spacial score (nSPS) is 20.1. The molecule has 1 aliphatic carbocycles. The standard InChI is InChI=1S/C23H39BrOSi/c1-21(2,3)20(25-26(8)9)11-10-16-14-17-18(15-19(16)24)23(6,7)13-12-22(17,4)5/h14-15,20,26H,10-13H2,1-9H3. The molecule has 0 heterocycles. The average Bonchev–Trinajstić information content (AvgIpc) is 2.47. The molecule has 0 amide bonds. The van der Waals surface area contributed by atoms with Crippen LogP contribution in [-0.4, -0.2) is 15.1 Å². The fourth-order valence-corrected chi connectivity index (χ4v) is 5.89. The van der Waals surface area contributed by atoms with E-state index in [1.165, 1.54) is 28.4 Å².